The number of halogens is 2. The van der Waals surface area contributed by atoms with E-state index < -0.39 is 0 Å². The largest absolute Gasteiger partial charge is 0.483 e. The first-order valence-corrected chi connectivity index (χ1v) is 12.5. The molecule has 0 aliphatic rings. The highest BCUT2D eigenvalue weighted by Gasteiger charge is 2.21. The SMILES string of the molecule is C=CCn1c(SCC(=O)Nc2cccc(Cl)c2Cl)nnc1C(C)Oc1ccc(C(C)(C)C)cc1. The van der Waals surface area contributed by atoms with Crippen LogP contribution in [0.2, 0.25) is 10.0 Å². The molecule has 34 heavy (non-hydrogen) atoms. The maximum Gasteiger partial charge on any atom is 0.234 e. The lowest BCUT2D eigenvalue weighted by Crippen LogP contribution is -2.16. The van der Waals surface area contributed by atoms with E-state index in [1.807, 2.05) is 23.6 Å². The van der Waals surface area contributed by atoms with E-state index in [9.17, 15) is 4.79 Å². The molecule has 0 bridgehead atoms. The summed E-state index contributed by atoms with van der Waals surface area (Å²) in [5, 5.41) is 12.7. The van der Waals surface area contributed by atoms with E-state index in [2.05, 4.69) is 55.0 Å². The maximum absolute atomic E-state index is 12.5. The molecule has 6 nitrogen and oxygen atoms in total. The number of amides is 1. The van der Waals surface area contributed by atoms with E-state index in [4.69, 9.17) is 27.9 Å². The lowest BCUT2D eigenvalue weighted by molar-refractivity contribution is -0.113. The molecule has 1 amide bonds. The number of thioether (sulfide) groups is 1. The van der Waals surface area contributed by atoms with Crippen molar-refractivity contribution in [1.29, 1.82) is 0 Å². The fourth-order valence-corrected chi connectivity index (χ4v) is 4.32. The molecule has 0 radical (unpaired) electrons. The number of hydrogen-bond acceptors (Lipinski definition) is 5. The summed E-state index contributed by atoms with van der Waals surface area (Å²) >= 11 is 13.4. The third-order valence-electron chi connectivity index (χ3n) is 5.01. The Balaban J connectivity index is 1.68. The van der Waals surface area contributed by atoms with Crippen molar-refractivity contribution in [2.75, 3.05) is 11.1 Å². The Morgan fingerprint density at radius 2 is 1.91 bits per heavy atom. The summed E-state index contributed by atoms with van der Waals surface area (Å²) in [4.78, 5) is 12.5. The van der Waals surface area contributed by atoms with E-state index in [0.717, 1.165) is 5.75 Å². The Bertz CT molecular complexity index is 1160. The number of aromatic nitrogens is 3. The molecular weight excluding hydrogens is 491 g/mol. The molecule has 1 aromatic heterocycles. The molecule has 1 atom stereocenters. The summed E-state index contributed by atoms with van der Waals surface area (Å²) in [6.07, 6.45) is 1.41. The van der Waals surface area contributed by atoms with E-state index in [1.54, 1.807) is 24.3 Å². The summed E-state index contributed by atoms with van der Waals surface area (Å²) in [5.41, 5.74) is 1.77. The van der Waals surface area contributed by atoms with E-state index in [0.29, 0.717) is 33.3 Å². The molecule has 0 saturated carbocycles. The number of ether oxygens (including phenoxy) is 1. The van der Waals surface area contributed by atoms with Gasteiger partial charge in [-0.1, -0.05) is 80.0 Å². The average molecular weight is 519 g/mol. The molecule has 1 heterocycles. The van der Waals surface area contributed by atoms with Crippen LogP contribution in [0, 0.1) is 0 Å². The molecule has 1 N–H and O–H groups in total. The van der Waals surface area contributed by atoms with Crippen LogP contribution >= 0.6 is 35.0 Å². The first kappa shape index (κ1) is 26.1. The third kappa shape index (κ3) is 6.56. The third-order valence-corrected chi connectivity index (χ3v) is 6.80. The molecule has 180 valence electrons. The highest BCUT2D eigenvalue weighted by Crippen LogP contribution is 2.30. The van der Waals surface area contributed by atoms with Gasteiger partial charge in [0.25, 0.3) is 0 Å². The first-order chi connectivity index (χ1) is 16.1. The van der Waals surface area contributed by atoms with Crippen LogP contribution in [0.25, 0.3) is 0 Å². The second-order valence-corrected chi connectivity index (χ2v) is 10.4. The number of nitrogens with zero attached hydrogens (tertiary/aromatic N) is 3. The van der Waals surface area contributed by atoms with Crippen molar-refractivity contribution in [3.63, 3.8) is 0 Å². The van der Waals surface area contributed by atoms with Crippen LogP contribution in [-0.4, -0.2) is 26.4 Å². The van der Waals surface area contributed by atoms with Gasteiger partial charge < -0.3 is 10.1 Å². The minimum absolute atomic E-state index is 0.0742. The number of allylic oxidation sites excluding steroid dienone is 1. The average Bonchev–Trinajstić information content (AvgIpc) is 3.18. The van der Waals surface area contributed by atoms with Crippen LogP contribution in [0.5, 0.6) is 5.75 Å². The van der Waals surface area contributed by atoms with Gasteiger partial charge in [-0.25, -0.2) is 0 Å². The number of benzene rings is 2. The number of rotatable bonds is 9. The van der Waals surface area contributed by atoms with Gasteiger partial charge in [0.15, 0.2) is 17.1 Å². The minimum Gasteiger partial charge on any atom is -0.483 e. The summed E-state index contributed by atoms with van der Waals surface area (Å²) in [6, 6.07) is 13.2. The highest BCUT2D eigenvalue weighted by molar-refractivity contribution is 7.99. The van der Waals surface area contributed by atoms with E-state index in [-0.39, 0.29) is 23.2 Å². The van der Waals surface area contributed by atoms with Crippen LogP contribution in [0.1, 0.15) is 45.2 Å². The van der Waals surface area contributed by atoms with Gasteiger partial charge in [0, 0.05) is 6.54 Å². The lowest BCUT2D eigenvalue weighted by atomic mass is 9.87. The molecule has 9 heteroatoms. The van der Waals surface area contributed by atoms with Crippen molar-refractivity contribution in [1.82, 2.24) is 14.8 Å². The van der Waals surface area contributed by atoms with Gasteiger partial charge in [0.1, 0.15) is 5.75 Å². The summed E-state index contributed by atoms with van der Waals surface area (Å²) in [5.74, 6) is 1.30. The van der Waals surface area contributed by atoms with E-state index in [1.165, 1.54) is 17.3 Å². The molecular formula is C25H28Cl2N4O2S. The Labute approximate surface area is 214 Å². The van der Waals surface area contributed by atoms with Gasteiger partial charge in [-0.3, -0.25) is 9.36 Å². The van der Waals surface area contributed by atoms with Crippen LogP contribution in [0.3, 0.4) is 0 Å². The topological polar surface area (TPSA) is 69.0 Å². The fourth-order valence-electron chi connectivity index (χ4n) is 3.22. The maximum atomic E-state index is 12.5. The Morgan fingerprint density at radius 1 is 1.21 bits per heavy atom. The van der Waals surface area contributed by atoms with Crippen LogP contribution in [0.15, 0.2) is 60.3 Å². The Hall–Kier alpha value is -2.48. The molecule has 3 rings (SSSR count). The number of carbonyl (C=O) groups is 1. The first-order valence-electron chi connectivity index (χ1n) is 10.8. The van der Waals surface area contributed by atoms with Crippen molar-refractivity contribution in [3.8, 4) is 5.75 Å². The molecule has 0 aliphatic carbocycles. The second kappa shape index (κ2) is 11.3. The Kier molecular flexibility index (Phi) is 8.68. The normalized spacial score (nSPS) is 12.3. The number of carbonyl (C=O) groups excluding carboxylic acids is 1. The number of anilines is 1. The summed E-state index contributed by atoms with van der Waals surface area (Å²) in [6.45, 7) is 12.8. The zero-order chi connectivity index (χ0) is 24.9. The van der Waals surface area contributed by atoms with Crippen LogP contribution < -0.4 is 10.1 Å². The van der Waals surface area contributed by atoms with Gasteiger partial charge in [-0.05, 0) is 42.2 Å². The van der Waals surface area contributed by atoms with Gasteiger partial charge >= 0.3 is 0 Å². The number of hydrogen-bond donors (Lipinski definition) is 1. The molecule has 0 spiro atoms. The standard InChI is InChI=1S/C25H28Cl2N4O2S/c1-6-14-31-23(16(2)33-18-12-10-17(11-13-18)25(3,4)5)29-30-24(31)34-15-21(32)28-20-9-7-8-19(26)22(20)27/h6-13,16H,1,14-15H2,2-5H3,(H,28,32). The van der Waals surface area contributed by atoms with Gasteiger partial charge in [-0.2, -0.15) is 0 Å². The molecule has 2 aromatic carbocycles. The van der Waals surface area contributed by atoms with Gasteiger partial charge in [0.2, 0.25) is 5.91 Å². The lowest BCUT2D eigenvalue weighted by Gasteiger charge is -2.20. The molecule has 0 aliphatic heterocycles. The van der Waals surface area contributed by atoms with Crippen molar-refractivity contribution in [3.05, 3.63) is 76.6 Å². The predicted octanol–water partition coefficient (Wildman–Crippen LogP) is 6.94. The fraction of sp³-hybridized carbons (Fsp3) is 0.320. The molecule has 1 unspecified atom stereocenters. The van der Waals surface area contributed by atoms with Gasteiger partial charge in [0.05, 0.1) is 21.5 Å². The van der Waals surface area contributed by atoms with Crippen LogP contribution in [-0.2, 0) is 16.8 Å². The predicted molar refractivity (Wildman–Crippen MR) is 140 cm³/mol. The number of nitrogens with one attached hydrogen (secondary N) is 1. The minimum atomic E-state index is -0.346. The van der Waals surface area contributed by atoms with Crippen molar-refractivity contribution >= 4 is 46.6 Å². The highest BCUT2D eigenvalue weighted by atomic mass is 35.5. The molecule has 3 aromatic rings. The van der Waals surface area contributed by atoms with Crippen molar-refractivity contribution in [2.24, 2.45) is 0 Å². The van der Waals surface area contributed by atoms with E-state index >= 15 is 0 Å². The van der Waals surface area contributed by atoms with Crippen molar-refractivity contribution < 1.29 is 9.53 Å². The van der Waals surface area contributed by atoms with Crippen molar-refractivity contribution in [2.45, 2.75) is 50.9 Å². The summed E-state index contributed by atoms with van der Waals surface area (Å²) < 4.78 is 8.02. The summed E-state index contributed by atoms with van der Waals surface area (Å²) in [7, 11) is 0. The van der Waals surface area contributed by atoms with Gasteiger partial charge in [-0.15, -0.1) is 16.8 Å². The molecule has 0 saturated heterocycles. The smallest absolute Gasteiger partial charge is 0.234 e. The molecule has 0 fully saturated rings. The van der Waals surface area contributed by atoms with Crippen LogP contribution in [0.4, 0.5) is 5.69 Å². The zero-order valence-corrected chi connectivity index (χ0v) is 22.0. The quantitative estimate of drug-likeness (QED) is 0.245. The second-order valence-electron chi connectivity index (χ2n) is 8.71. The zero-order valence-electron chi connectivity index (χ0n) is 19.6. The monoisotopic (exact) mass is 518 g/mol. The Morgan fingerprint density at radius 3 is 2.56 bits per heavy atom.